The zero-order chi connectivity index (χ0) is 25.5. The van der Waals surface area contributed by atoms with E-state index >= 15 is 0 Å². The number of ketones is 1. The molecule has 1 aliphatic heterocycles. The number of aromatic amines is 2. The molecule has 1 unspecified atom stereocenters. The maximum atomic E-state index is 13.1. The van der Waals surface area contributed by atoms with Gasteiger partial charge in [-0.1, -0.05) is 49.2 Å². The van der Waals surface area contributed by atoms with E-state index < -0.39 is 5.92 Å². The standard InChI is InChI=1S/C28H32N4O4/c1-18(33)9-5-3-8-12-23(27-29-17-25(31-27)19-10-6-4-7-11-19)30-26(34)16-22-21-14-13-20(36-2)15-24(21)32-28(22)35/h4,6-7,10-11,13-15,17,22-23H,3,5,8-9,12,16H2,1-2H3,(H,29,31)(H,30,34)(H,32,35)/p+1/t22?,23-/m0/s1. The highest BCUT2D eigenvalue weighted by Gasteiger charge is 2.33. The van der Waals surface area contributed by atoms with Crippen molar-refractivity contribution in [3.63, 3.8) is 0 Å². The minimum absolute atomic E-state index is 0.0538. The van der Waals surface area contributed by atoms with Gasteiger partial charge < -0.3 is 20.2 Å². The molecule has 0 radical (unpaired) electrons. The van der Waals surface area contributed by atoms with Crippen LogP contribution in [0.1, 0.15) is 68.8 Å². The lowest BCUT2D eigenvalue weighted by Gasteiger charge is -2.16. The zero-order valence-electron chi connectivity index (χ0n) is 20.7. The van der Waals surface area contributed by atoms with E-state index in [2.05, 4.69) is 20.6 Å². The molecule has 0 spiro atoms. The summed E-state index contributed by atoms with van der Waals surface area (Å²) in [5.74, 6) is 0.714. The summed E-state index contributed by atoms with van der Waals surface area (Å²) in [6.45, 7) is 1.61. The number of anilines is 1. The van der Waals surface area contributed by atoms with Gasteiger partial charge in [0.25, 0.3) is 5.82 Å². The lowest BCUT2D eigenvalue weighted by atomic mass is 9.96. The largest absolute Gasteiger partial charge is 0.497 e. The highest BCUT2D eigenvalue weighted by molar-refractivity contribution is 6.05. The normalized spacial score (nSPS) is 15.2. The van der Waals surface area contributed by atoms with Crippen molar-refractivity contribution in [1.29, 1.82) is 0 Å². The fourth-order valence-electron chi connectivity index (χ4n) is 4.59. The molecule has 36 heavy (non-hydrogen) atoms. The van der Waals surface area contributed by atoms with Crippen molar-refractivity contribution < 1.29 is 24.1 Å². The van der Waals surface area contributed by atoms with Crippen LogP contribution in [-0.4, -0.2) is 29.7 Å². The average Bonchev–Trinajstić information content (AvgIpc) is 3.48. The number of rotatable bonds is 12. The third-order valence-corrected chi connectivity index (χ3v) is 6.53. The van der Waals surface area contributed by atoms with E-state index in [1.807, 2.05) is 42.6 Å². The molecule has 8 nitrogen and oxygen atoms in total. The number of ether oxygens (including phenoxy) is 1. The summed E-state index contributed by atoms with van der Waals surface area (Å²) in [6.07, 6.45) is 5.83. The van der Waals surface area contributed by atoms with Crippen LogP contribution in [0, 0.1) is 0 Å². The van der Waals surface area contributed by atoms with E-state index in [9.17, 15) is 14.4 Å². The second kappa shape index (κ2) is 11.7. The van der Waals surface area contributed by atoms with Crippen LogP contribution >= 0.6 is 0 Å². The molecule has 2 amide bonds. The summed E-state index contributed by atoms with van der Waals surface area (Å²) in [4.78, 5) is 43.7. The van der Waals surface area contributed by atoms with E-state index in [4.69, 9.17) is 4.74 Å². The van der Waals surface area contributed by atoms with Gasteiger partial charge in [0.15, 0.2) is 5.69 Å². The van der Waals surface area contributed by atoms with Crippen LogP contribution in [0.5, 0.6) is 5.75 Å². The van der Waals surface area contributed by atoms with Gasteiger partial charge in [-0.15, -0.1) is 0 Å². The Morgan fingerprint density at radius 3 is 2.67 bits per heavy atom. The summed E-state index contributed by atoms with van der Waals surface area (Å²) in [6, 6.07) is 15.1. The van der Waals surface area contributed by atoms with E-state index in [0.717, 1.165) is 41.9 Å². The molecule has 1 aromatic heterocycles. The summed E-state index contributed by atoms with van der Waals surface area (Å²) in [5.41, 5.74) is 3.46. The number of hydrogen-bond donors (Lipinski definition) is 3. The molecular weight excluding hydrogens is 456 g/mol. The van der Waals surface area contributed by atoms with Gasteiger partial charge in [0.1, 0.15) is 23.8 Å². The predicted octanol–water partition coefficient (Wildman–Crippen LogP) is 4.33. The van der Waals surface area contributed by atoms with Crippen molar-refractivity contribution in [3.8, 4) is 17.0 Å². The third kappa shape index (κ3) is 6.19. The first kappa shape index (κ1) is 25.2. The van der Waals surface area contributed by atoms with Gasteiger partial charge in [0.2, 0.25) is 11.8 Å². The molecule has 0 saturated carbocycles. The van der Waals surface area contributed by atoms with Crippen LogP contribution in [0.3, 0.4) is 0 Å². The maximum absolute atomic E-state index is 13.1. The highest BCUT2D eigenvalue weighted by Crippen LogP contribution is 2.37. The molecule has 2 heterocycles. The number of amides is 2. The molecule has 3 aromatic rings. The quantitative estimate of drug-likeness (QED) is 0.329. The summed E-state index contributed by atoms with van der Waals surface area (Å²) in [7, 11) is 1.57. The topological polar surface area (TPSA) is 114 Å². The number of benzene rings is 2. The molecule has 1 aliphatic rings. The SMILES string of the molecule is COc1ccc2c(c1)NC(=O)C2CC(=O)N[C@@H](CCCCCC(C)=O)c1[nH]c(-c2ccccc2)c[nH+]1. The van der Waals surface area contributed by atoms with Gasteiger partial charge in [-0.2, -0.15) is 0 Å². The van der Waals surface area contributed by atoms with Crippen molar-refractivity contribution in [2.75, 3.05) is 12.4 Å². The van der Waals surface area contributed by atoms with Crippen molar-refractivity contribution in [2.24, 2.45) is 0 Å². The van der Waals surface area contributed by atoms with Gasteiger partial charge in [-0.25, -0.2) is 9.97 Å². The average molecular weight is 490 g/mol. The van der Waals surface area contributed by atoms with Gasteiger partial charge in [-0.3, -0.25) is 9.59 Å². The summed E-state index contributed by atoms with van der Waals surface area (Å²) < 4.78 is 5.24. The Bertz CT molecular complexity index is 1220. The van der Waals surface area contributed by atoms with Crippen molar-refractivity contribution >= 4 is 23.3 Å². The number of fused-ring (bicyclic) bond motifs is 1. The second-order valence-corrected chi connectivity index (χ2v) is 9.23. The Kier molecular flexibility index (Phi) is 8.15. The summed E-state index contributed by atoms with van der Waals surface area (Å²) >= 11 is 0. The molecule has 0 saturated heterocycles. The monoisotopic (exact) mass is 489 g/mol. The maximum Gasteiger partial charge on any atom is 0.275 e. The van der Waals surface area contributed by atoms with Crippen LogP contribution in [0.2, 0.25) is 0 Å². The molecule has 4 N–H and O–H groups in total. The zero-order valence-corrected chi connectivity index (χ0v) is 20.7. The van der Waals surface area contributed by atoms with Crippen LogP contribution in [-0.2, 0) is 14.4 Å². The Hall–Kier alpha value is -3.94. The number of unbranched alkanes of at least 4 members (excludes halogenated alkanes) is 2. The molecule has 4 rings (SSSR count). The number of aromatic nitrogens is 2. The van der Waals surface area contributed by atoms with E-state index in [1.165, 1.54) is 0 Å². The minimum atomic E-state index is -0.547. The van der Waals surface area contributed by atoms with Crippen LogP contribution in [0.25, 0.3) is 11.3 Å². The van der Waals surface area contributed by atoms with Crippen molar-refractivity contribution in [3.05, 3.63) is 66.1 Å². The van der Waals surface area contributed by atoms with Gasteiger partial charge in [0, 0.05) is 30.2 Å². The molecule has 2 aromatic carbocycles. The first-order valence-corrected chi connectivity index (χ1v) is 12.4. The van der Waals surface area contributed by atoms with Crippen molar-refractivity contribution in [1.82, 2.24) is 10.3 Å². The van der Waals surface area contributed by atoms with Gasteiger partial charge in [-0.05, 0) is 31.4 Å². The fraction of sp³-hybridized carbons (Fsp3) is 0.357. The first-order chi connectivity index (χ1) is 17.4. The van der Waals surface area contributed by atoms with Gasteiger partial charge >= 0.3 is 0 Å². The molecule has 0 bridgehead atoms. The van der Waals surface area contributed by atoms with Crippen LogP contribution in [0.4, 0.5) is 5.69 Å². The number of nitrogens with one attached hydrogen (secondary N) is 4. The summed E-state index contributed by atoms with van der Waals surface area (Å²) in [5, 5.41) is 5.98. The smallest absolute Gasteiger partial charge is 0.275 e. The fourth-order valence-corrected chi connectivity index (χ4v) is 4.59. The number of hydrogen-bond acceptors (Lipinski definition) is 4. The lowest BCUT2D eigenvalue weighted by molar-refractivity contribution is -0.391. The number of carbonyl (C=O) groups excluding carboxylic acids is 3. The predicted molar refractivity (Wildman–Crippen MR) is 136 cm³/mol. The van der Waals surface area contributed by atoms with E-state index in [0.29, 0.717) is 24.3 Å². The second-order valence-electron chi connectivity index (χ2n) is 9.23. The number of carbonyl (C=O) groups is 3. The molecule has 8 heteroatoms. The Morgan fingerprint density at radius 1 is 1.11 bits per heavy atom. The number of Topliss-reactive ketones (excluding diaryl/α,β-unsaturated/α-hetero) is 1. The first-order valence-electron chi connectivity index (χ1n) is 12.4. The van der Waals surface area contributed by atoms with E-state index in [1.54, 1.807) is 26.2 Å². The van der Waals surface area contributed by atoms with Crippen LogP contribution < -0.4 is 20.4 Å². The molecule has 0 fully saturated rings. The van der Waals surface area contributed by atoms with E-state index in [-0.39, 0.29) is 30.1 Å². The Morgan fingerprint density at radius 2 is 1.92 bits per heavy atom. The highest BCUT2D eigenvalue weighted by atomic mass is 16.5. The third-order valence-electron chi connectivity index (χ3n) is 6.53. The number of imidazole rings is 1. The molecule has 188 valence electrons. The number of H-pyrrole nitrogens is 2. The Balaban J connectivity index is 1.45. The molecular formula is C28H33N4O4+. The minimum Gasteiger partial charge on any atom is -0.497 e. The lowest BCUT2D eigenvalue weighted by Crippen LogP contribution is -2.33. The Labute approximate surface area is 210 Å². The molecule has 2 atom stereocenters. The van der Waals surface area contributed by atoms with Crippen molar-refractivity contribution in [2.45, 2.75) is 57.4 Å². The molecule has 0 aliphatic carbocycles. The van der Waals surface area contributed by atoms with Crippen LogP contribution in [0.15, 0.2) is 54.7 Å². The number of methoxy groups -OCH3 is 1. The van der Waals surface area contributed by atoms with Gasteiger partial charge in [0.05, 0.1) is 13.0 Å².